The van der Waals surface area contributed by atoms with Crippen molar-refractivity contribution in [3.8, 4) is 17.1 Å². The summed E-state index contributed by atoms with van der Waals surface area (Å²) >= 11 is 0. The molecule has 1 fully saturated rings. The number of allylic oxidation sites excluding steroid dienone is 1. The van der Waals surface area contributed by atoms with Gasteiger partial charge in [0.1, 0.15) is 17.1 Å². The number of sulfonamides is 1. The fraction of sp³-hybridized carbons (Fsp3) is 0.435. The molecular weight excluding hydrogens is 472 g/mol. The highest BCUT2D eigenvalue weighted by Gasteiger charge is 2.29. The molecule has 11 nitrogen and oxygen atoms in total. The molecule has 0 unspecified atom stereocenters. The van der Waals surface area contributed by atoms with Crippen molar-refractivity contribution in [1.29, 1.82) is 0 Å². The molecule has 3 heterocycles. The van der Waals surface area contributed by atoms with Gasteiger partial charge in [0.2, 0.25) is 10.0 Å². The third-order valence-corrected chi connectivity index (χ3v) is 8.03. The molecule has 3 aromatic rings. The number of likely N-dealkylation sites (N-methyl/N-ethyl adjacent to an activating group) is 1. The Morgan fingerprint density at radius 1 is 1.17 bits per heavy atom. The second-order valence-corrected chi connectivity index (χ2v) is 10.4. The molecular formula is C23H30N6O5S. The van der Waals surface area contributed by atoms with Crippen molar-refractivity contribution in [3.63, 3.8) is 0 Å². The highest BCUT2D eigenvalue weighted by molar-refractivity contribution is 7.89. The van der Waals surface area contributed by atoms with Crippen molar-refractivity contribution in [2.75, 3.05) is 39.8 Å². The van der Waals surface area contributed by atoms with E-state index in [0.717, 1.165) is 4.57 Å². The van der Waals surface area contributed by atoms with Gasteiger partial charge in [-0.3, -0.25) is 13.9 Å². The van der Waals surface area contributed by atoms with Crippen LogP contribution in [0, 0.1) is 0 Å². The van der Waals surface area contributed by atoms with Gasteiger partial charge < -0.3 is 14.6 Å². The molecule has 4 rings (SSSR count). The van der Waals surface area contributed by atoms with Gasteiger partial charge in [-0.05, 0) is 38.6 Å². The number of aryl methyl sites for hydroxylation is 1. The first kappa shape index (κ1) is 24.9. The van der Waals surface area contributed by atoms with Gasteiger partial charge in [0.05, 0.1) is 17.1 Å². The van der Waals surface area contributed by atoms with Gasteiger partial charge in [0, 0.05) is 39.8 Å². The van der Waals surface area contributed by atoms with Gasteiger partial charge in [-0.15, -0.1) is 6.58 Å². The average molecular weight is 503 g/mol. The first-order chi connectivity index (χ1) is 16.7. The Morgan fingerprint density at radius 2 is 1.89 bits per heavy atom. The standard InChI is InChI=1S/C23H30N6O5S/c1-5-7-10-29-21-19(22(30)27(4)23(29)31)24-20(25-21)17-15-16(8-9-18(17)34-6-2)35(32,33)28-13-11-26(3)12-14-28/h5,8-9,15H,1,6-7,10-14H2,2-4H3,(H,24,25). The fourth-order valence-electron chi connectivity index (χ4n) is 4.10. The summed E-state index contributed by atoms with van der Waals surface area (Å²) in [4.78, 5) is 35.3. The van der Waals surface area contributed by atoms with Crippen LogP contribution in [0.2, 0.25) is 0 Å². The number of imidazole rings is 1. The predicted octanol–water partition coefficient (Wildman–Crippen LogP) is 1.00. The third-order valence-electron chi connectivity index (χ3n) is 6.14. The number of aromatic amines is 1. The highest BCUT2D eigenvalue weighted by atomic mass is 32.2. The summed E-state index contributed by atoms with van der Waals surface area (Å²) in [6.07, 6.45) is 2.19. The Bertz CT molecular complexity index is 1480. The predicted molar refractivity (Wildman–Crippen MR) is 133 cm³/mol. The summed E-state index contributed by atoms with van der Waals surface area (Å²) in [5, 5.41) is 0. The zero-order valence-corrected chi connectivity index (χ0v) is 21.0. The van der Waals surface area contributed by atoms with Crippen LogP contribution < -0.4 is 16.0 Å². The zero-order valence-electron chi connectivity index (χ0n) is 20.2. The minimum absolute atomic E-state index is 0.109. The summed E-state index contributed by atoms with van der Waals surface area (Å²) in [6, 6.07) is 4.62. The summed E-state index contributed by atoms with van der Waals surface area (Å²) in [7, 11) is -0.378. The molecule has 2 aromatic heterocycles. The molecule has 1 saturated heterocycles. The third kappa shape index (κ3) is 4.56. The first-order valence-corrected chi connectivity index (χ1v) is 12.9. The number of rotatable bonds is 8. The van der Waals surface area contributed by atoms with Crippen LogP contribution in [0.5, 0.6) is 5.75 Å². The lowest BCUT2D eigenvalue weighted by Gasteiger charge is -2.31. The molecule has 0 bridgehead atoms. The van der Waals surface area contributed by atoms with Crippen molar-refractivity contribution in [2.24, 2.45) is 7.05 Å². The van der Waals surface area contributed by atoms with Crippen LogP contribution in [0.3, 0.4) is 0 Å². The van der Waals surface area contributed by atoms with Crippen LogP contribution >= 0.6 is 0 Å². The maximum absolute atomic E-state index is 13.4. The maximum atomic E-state index is 13.4. The summed E-state index contributed by atoms with van der Waals surface area (Å²) < 4.78 is 36.4. The first-order valence-electron chi connectivity index (χ1n) is 11.4. The molecule has 0 atom stereocenters. The number of fused-ring (bicyclic) bond motifs is 1. The Hall–Kier alpha value is -3.22. The van der Waals surface area contributed by atoms with Gasteiger partial charge >= 0.3 is 5.69 Å². The quantitative estimate of drug-likeness (QED) is 0.456. The molecule has 0 aliphatic carbocycles. The van der Waals surface area contributed by atoms with Gasteiger partial charge in [0.15, 0.2) is 5.65 Å². The van der Waals surface area contributed by atoms with E-state index in [9.17, 15) is 18.0 Å². The van der Waals surface area contributed by atoms with Crippen LogP contribution in [0.4, 0.5) is 0 Å². The Balaban J connectivity index is 1.88. The number of nitrogens with zero attached hydrogens (tertiary/aromatic N) is 5. The van der Waals surface area contributed by atoms with E-state index in [2.05, 4.69) is 21.4 Å². The molecule has 1 aromatic carbocycles. The van der Waals surface area contributed by atoms with E-state index >= 15 is 0 Å². The number of hydrogen-bond acceptors (Lipinski definition) is 7. The topological polar surface area (TPSA) is 123 Å². The van der Waals surface area contributed by atoms with Gasteiger partial charge in [-0.2, -0.15) is 4.31 Å². The van der Waals surface area contributed by atoms with Crippen LogP contribution in [0.1, 0.15) is 13.3 Å². The largest absolute Gasteiger partial charge is 0.493 e. The molecule has 1 aliphatic heterocycles. The molecule has 35 heavy (non-hydrogen) atoms. The van der Waals surface area contributed by atoms with E-state index < -0.39 is 21.3 Å². The maximum Gasteiger partial charge on any atom is 0.332 e. The van der Waals surface area contributed by atoms with E-state index in [0.29, 0.717) is 57.1 Å². The monoisotopic (exact) mass is 502 g/mol. The molecule has 1 aliphatic rings. The average Bonchev–Trinajstić information content (AvgIpc) is 3.28. The van der Waals surface area contributed by atoms with Crippen molar-refractivity contribution in [2.45, 2.75) is 24.8 Å². The molecule has 1 N–H and O–H groups in total. The SMILES string of the molecule is C=CCCn1c(=O)n(C)c(=O)c2[nH]c(-c3cc(S(=O)(=O)N4CCN(C)CC4)ccc3OCC)nc21. The fourth-order valence-corrected chi connectivity index (χ4v) is 5.55. The van der Waals surface area contributed by atoms with Crippen molar-refractivity contribution in [1.82, 2.24) is 28.3 Å². The van der Waals surface area contributed by atoms with Gasteiger partial charge in [0.25, 0.3) is 5.56 Å². The lowest BCUT2D eigenvalue weighted by Crippen LogP contribution is -2.47. The van der Waals surface area contributed by atoms with E-state index in [1.807, 2.05) is 14.0 Å². The number of ether oxygens (including phenoxy) is 1. The minimum Gasteiger partial charge on any atom is -0.493 e. The second-order valence-electron chi connectivity index (χ2n) is 8.46. The molecule has 0 spiro atoms. The molecule has 0 radical (unpaired) electrons. The van der Waals surface area contributed by atoms with Gasteiger partial charge in [-0.25, -0.2) is 18.2 Å². The summed E-state index contributed by atoms with van der Waals surface area (Å²) in [5.74, 6) is 0.662. The van der Waals surface area contributed by atoms with E-state index in [1.165, 1.54) is 28.1 Å². The van der Waals surface area contributed by atoms with Crippen LogP contribution in [-0.2, 0) is 23.6 Å². The normalized spacial score (nSPS) is 15.5. The van der Waals surface area contributed by atoms with E-state index in [1.54, 1.807) is 12.1 Å². The highest BCUT2D eigenvalue weighted by Crippen LogP contribution is 2.32. The van der Waals surface area contributed by atoms with Gasteiger partial charge in [-0.1, -0.05) is 6.08 Å². The van der Waals surface area contributed by atoms with Crippen molar-refractivity contribution in [3.05, 3.63) is 51.7 Å². The van der Waals surface area contributed by atoms with E-state index in [4.69, 9.17) is 4.74 Å². The van der Waals surface area contributed by atoms with Crippen LogP contribution in [-0.4, -0.2) is 76.6 Å². The van der Waals surface area contributed by atoms with Crippen molar-refractivity contribution >= 4 is 21.2 Å². The summed E-state index contributed by atoms with van der Waals surface area (Å²) in [6.45, 7) is 8.27. The van der Waals surface area contributed by atoms with Crippen molar-refractivity contribution < 1.29 is 13.2 Å². The molecule has 0 saturated carbocycles. The lowest BCUT2D eigenvalue weighted by atomic mass is 10.2. The number of piperazine rings is 1. The number of aromatic nitrogens is 4. The lowest BCUT2D eigenvalue weighted by molar-refractivity contribution is 0.222. The van der Waals surface area contributed by atoms with E-state index in [-0.39, 0.29) is 21.9 Å². The number of H-pyrrole nitrogens is 1. The van der Waals surface area contributed by atoms with Crippen LogP contribution in [0.25, 0.3) is 22.6 Å². The molecule has 12 heteroatoms. The van der Waals surface area contributed by atoms with Crippen LogP contribution in [0.15, 0.2) is 45.3 Å². The summed E-state index contributed by atoms with van der Waals surface area (Å²) in [5.41, 5.74) is -0.259. The minimum atomic E-state index is -3.74. The smallest absolute Gasteiger partial charge is 0.332 e. The Labute approximate surface area is 203 Å². The zero-order chi connectivity index (χ0) is 25.3. The molecule has 0 amide bonds. The number of nitrogens with one attached hydrogen (secondary N) is 1. The number of benzene rings is 1. The number of hydrogen-bond donors (Lipinski definition) is 1. The Morgan fingerprint density at radius 3 is 2.54 bits per heavy atom. The molecule has 188 valence electrons. The Kier molecular flexibility index (Phi) is 6.97. The second kappa shape index (κ2) is 9.80.